The maximum absolute atomic E-state index is 5.81. The highest BCUT2D eigenvalue weighted by molar-refractivity contribution is 14.0. The van der Waals surface area contributed by atoms with Gasteiger partial charge in [0.05, 0.1) is 6.61 Å². The fraction of sp³-hybridized carbons (Fsp3) is 0.263. The van der Waals surface area contributed by atoms with E-state index < -0.39 is 0 Å². The van der Waals surface area contributed by atoms with E-state index in [9.17, 15) is 0 Å². The fourth-order valence-corrected chi connectivity index (χ4v) is 2.07. The molecule has 1 aromatic carbocycles. The highest BCUT2D eigenvalue weighted by atomic mass is 127. The average Bonchev–Trinajstić information content (AvgIpc) is 2.65. The quantitative estimate of drug-likeness (QED) is 0.268. The van der Waals surface area contributed by atoms with Gasteiger partial charge in [0.15, 0.2) is 17.5 Å². The van der Waals surface area contributed by atoms with Crippen molar-refractivity contribution in [1.82, 2.24) is 15.6 Å². The first-order valence-electron chi connectivity index (χ1n) is 8.16. The van der Waals surface area contributed by atoms with Gasteiger partial charge in [-0.15, -0.1) is 30.6 Å². The number of ether oxygens (including phenoxy) is 2. The minimum absolute atomic E-state index is 0. The zero-order chi connectivity index (χ0) is 17.9. The Morgan fingerprint density at radius 3 is 2.58 bits per heavy atom. The number of para-hydroxylation sites is 2. The molecule has 1 aromatic heterocycles. The smallest absolute Gasteiger partial charge is 0.219 e. The van der Waals surface area contributed by atoms with Crippen LogP contribution in [-0.4, -0.2) is 31.1 Å². The van der Waals surface area contributed by atoms with E-state index in [0.29, 0.717) is 43.0 Å². The van der Waals surface area contributed by atoms with Crippen molar-refractivity contribution in [1.29, 1.82) is 0 Å². The molecule has 0 bridgehead atoms. The number of nitrogens with one attached hydrogen (secondary N) is 2. The maximum atomic E-state index is 5.81. The normalized spacial score (nSPS) is 10.5. The molecule has 2 N–H and O–H groups in total. The molecule has 0 aliphatic carbocycles. The van der Waals surface area contributed by atoms with Crippen molar-refractivity contribution in [2.45, 2.75) is 13.5 Å². The Hall–Kier alpha value is -2.29. The van der Waals surface area contributed by atoms with E-state index in [4.69, 9.17) is 9.47 Å². The van der Waals surface area contributed by atoms with E-state index in [1.54, 1.807) is 19.3 Å². The summed E-state index contributed by atoms with van der Waals surface area (Å²) < 4.78 is 11.4. The summed E-state index contributed by atoms with van der Waals surface area (Å²) in [5, 5.41) is 6.32. The third kappa shape index (κ3) is 6.91. The lowest BCUT2D eigenvalue weighted by Gasteiger charge is -2.12. The van der Waals surface area contributed by atoms with Gasteiger partial charge < -0.3 is 20.1 Å². The van der Waals surface area contributed by atoms with Gasteiger partial charge in [-0.25, -0.2) is 4.98 Å². The lowest BCUT2D eigenvalue weighted by molar-refractivity contribution is 0.319. The molecule has 0 atom stereocenters. The van der Waals surface area contributed by atoms with Crippen LogP contribution in [0.3, 0.4) is 0 Å². The monoisotopic (exact) mass is 468 g/mol. The Morgan fingerprint density at radius 2 is 1.96 bits per heavy atom. The second-order valence-corrected chi connectivity index (χ2v) is 5.08. The number of hydrogen-bond donors (Lipinski definition) is 2. The van der Waals surface area contributed by atoms with E-state index in [-0.39, 0.29) is 24.0 Å². The molecule has 140 valence electrons. The number of hydrogen-bond acceptors (Lipinski definition) is 4. The minimum atomic E-state index is 0. The molecular formula is C19H25IN4O2. The SMILES string of the molecule is C=CCNC(=NC)NCc1ccc(Oc2ccccc2OCC)nc1.I. The van der Waals surface area contributed by atoms with Crippen molar-refractivity contribution in [3.63, 3.8) is 0 Å². The molecule has 26 heavy (non-hydrogen) atoms. The molecular weight excluding hydrogens is 443 g/mol. The Kier molecular flexibility index (Phi) is 10.1. The van der Waals surface area contributed by atoms with Crippen molar-refractivity contribution in [3.05, 3.63) is 60.8 Å². The highest BCUT2D eigenvalue weighted by Crippen LogP contribution is 2.30. The number of pyridine rings is 1. The third-order valence-corrected chi connectivity index (χ3v) is 3.26. The van der Waals surface area contributed by atoms with Gasteiger partial charge in [-0.1, -0.05) is 24.3 Å². The van der Waals surface area contributed by atoms with Gasteiger partial charge in [0, 0.05) is 32.4 Å². The molecule has 0 saturated carbocycles. The summed E-state index contributed by atoms with van der Waals surface area (Å²) in [5.41, 5.74) is 1.02. The Bertz CT molecular complexity index is 705. The summed E-state index contributed by atoms with van der Waals surface area (Å²) >= 11 is 0. The summed E-state index contributed by atoms with van der Waals surface area (Å²) in [6, 6.07) is 11.3. The van der Waals surface area contributed by atoms with Gasteiger partial charge in [-0.3, -0.25) is 4.99 Å². The number of rotatable bonds is 8. The Balaban J connectivity index is 0.00000338. The largest absolute Gasteiger partial charge is 0.490 e. The van der Waals surface area contributed by atoms with Crippen LogP contribution in [0.2, 0.25) is 0 Å². The van der Waals surface area contributed by atoms with E-state index in [0.717, 1.165) is 5.56 Å². The molecule has 1 heterocycles. The molecule has 0 unspecified atom stereocenters. The average molecular weight is 468 g/mol. The number of guanidine groups is 1. The second kappa shape index (κ2) is 12.1. The van der Waals surface area contributed by atoms with Gasteiger partial charge in [0.2, 0.25) is 5.88 Å². The highest BCUT2D eigenvalue weighted by Gasteiger charge is 2.06. The molecule has 0 radical (unpaired) electrons. The topological polar surface area (TPSA) is 67.8 Å². The van der Waals surface area contributed by atoms with Crippen molar-refractivity contribution in [2.75, 3.05) is 20.2 Å². The van der Waals surface area contributed by atoms with Crippen molar-refractivity contribution < 1.29 is 9.47 Å². The molecule has 0 fully saturated rings. The van der Waals surface area contributed by atoms with E-state index >= 15 is 0 Å². The Morgan fingerprint density at radius 1 is 1.19 bits per heavy atom. The lowest BCUT2D eigenvalue weighted by Crippen LogP contribution is -2.36. The first-order chi connectivity index (χ1) is 12.3. The summed E-state index contributed by atoms with van der Waals surface area (Å²) in [4.78, 5) is 8.48. The number of aromatic nitrogens is 1. The molecule has 0 amide bonds. The van der Waals surface area contributed by atoms with Crippen LogP contribution in [0.1, 0.15) is 12.5 Å². The first kappa shape index (κ1) is 21.8. The predicted octanol–water partition coefficient (Wildman–Crippen LogP) is 3.74. The standard InChI is InChI=1S/C19H24N4O2.HI/c1-4-12-21-19(20-3)23-14-15-10-11-18(22-13-15)25-17-9-7-6-8-16(17)24-5-2;/h4,6-11,13H,1,5,12,14H2,2-3H3,(H2,20,21,23);1H. The van der Waals surface area contributed by atoms with Crippen LogP contribution >= 0.6 is 24.0 Å². The van der Waals surface area contributed by atoms with Crippen LogP contribution in [0, 0.1) is 0 Å². The predicted molar refractivity (Wildman–Crippen MR) is 116 cm³/mol. The lowest BCUT2D eigenvalue weighted by atomic mass is 10.3. The van der Waals surface area contributed by atoms with Crippen LogP contribution in [0.25, 0.3) is 0 Å². The van der Waals surface area contributed by atoms with Gasteiger partial charge >= 0.3 is 0 Å². The molecule has 6 nitrogen and oxygen atoms in total. The van der Waals surface area contributed by atoms with Gasteiger partial charge in [0.1, 0.15) is 0 Å². The Labute approximate surface area is 171 Å². The molecule has 2 aromatic rings. The van der Waals surface area contributed by atoms with Crippen molar-refractivity contribution in [2.24, 2.45) is 4.99 Å². The van der Waals surface area contributed by atoms with E-state index in [1.807, 2.05) is 43.3 Å². The number of aliphatic imine (C=N–C) groups is 1. The third-order valence-electron chi connectivity index (χ3n) is 3.26. The molecule has 7 heteroatoms. The molecule has 2 rings (SSSR count). The van der Waals surface area contributed by atoms with Crippen LogP contribution < -0.4 is 20.1 Å². The zero-order valence-corrected chi connectivity index (χ0v) is 17.4. The van der Waals surface area contributed by atoms with E-state index in [1.165, 1.54) is 0 Å². The summed E-state index contributed by atoms with van der Waals surface area (Å²) in [6.45, 7) is 7.46. The first-order valence-corrected chi connectivity index (χ1v) is 8.16. The van der Waals surface area contributed by atoms with Crippen molar-refractivity contribution >= 4 is 29.9 Å². The fourth-order valence-electron chi connectivity index (χ4n) is 2.07. The van der Waals surface area contributed by atoms with Crippen LogP contribution in [-0.2, 0) is 6.54 Å². The van der Waals surface area contributed by atoms with Gasteiger partial charge in [0.25, 0.3) is 0 Å². The second-order valence-electron chi connectivity index (χ2n) is 5.08. The number of halogens is 1. The molecule has 0 spiro atoms. The van der Waals surface area contributed by atoms with E-state index in [2.05, 4.69) is 27.2 Å². The van der Waals surface area contributed by atoms with Crippen molar-refractivity contribution in [3.8, 4) is 17.4 Å². The maximum Gasteiger partial charge on any atom is 0.219 e. The molecule has 0 aliphatic heterocycles. The van der Waals surface area contributed by atoms with Gasteiger partial charge in [-0.05, 0) is 24.6 Å². The van der Waals surface area contributed by atoms with Crippen LogP contribution in [0.15, 0.2) is 60.2 Å². The number of benzene rings is 1. The van der Waals surface area contributed by atoms with Crippen LogP contribution in [0.4, 0.5) is 0 Å². The van der Waals surface area contributed by atoms with Gasteiger partial charge in [-0.2, -0.15) is 0 Å². The molecule has 0 saturated heterocycles. The summed E-state index contributed by atoms with van der Waals surface area (Å²) in [7, 11) is 1.73. The molecule has 0 aliphatic rings. The number of nitrogens with zero attached hydrogens (tertiary/aromatic N) is 2. The minimum Gasteiger partial charge on any atom is -0.490 e. The van der Waals surface area contributed by atoms with Crippen LogP contribution in [0.5, 0.6) is 17.4 Å². The summed E-state index contributed by atoms with van der Waals surface area (Å²) in [5.74, 6) is 2.59. The zero-order valence-electron chi connectivity index (χ0n) is 15.1. The summed E-state index contributed by atoms with van der Waals surface area (Å²) in [6.07, 6.45) is 3.55.